The second-order valence-corrected chi connectivity index (χ2v) is 5.93. The number of ether oxygens (including phenoxy) is 2. The summed E-state index contributed by atoms with van der Waals surface area (Å²) >= 11 is 5.92. The largest absolute Gasteiger partial charge is 0.355 e. The Morgan fingerprint density at radius 2 is 2.10 bits per heavy atom. The van der Waals surface area contributed by atoms with Gasteiger partial charge in [-0.3, -0.25) is 4.40 Å². The first kappa shape index (κ1) is 15.2. The lowest BCUT2D eigenvalue weighted by Gasteiger charge is -2.14. The van der Waals surface area contributed by atoms with Gasteiger partial charge in [0.25, 0.3) is 10.0 Å². The number of fused-ring (bicyclic) bond motifs is 1. The molecule has 0 aliphatic heterocycles. The van der Waals surface area contributed by atoms with Crippen molar-refractivity contribution in [3.8, 4) is 0 Å². The fraction of sp³-hybridized carbons (Fsp3) is 0.364. The smallest absolute Gasteiger partial charge is 0.259 e. The molecule has 0 aliphatic rings. The van der Waals surface area contributed by atoms with E-state index in [1.165, 1.54) is 18.6 Å². The molecular formula is C11H14ClN3O4S. The van der Waals surface area contributed by atoms with Crippen molar-refractivity contribution in [2.45, 2.75) is 11.3 Å². The molecule has 2 rings (SSSR count). The Bertz CT molecular complexity index is 697. The van der Waals surface area contributed by atoms with E-state index in [1.807, 2.05) is 0 Å². The predicted octanol–water partition coefficient (Wildman–Crippen LogP) is 0.885. The number of hydrogen-bond acceptors (Lipinski definition) is 5. The number of halogens is 1. The molecule has 0 atom stereocenters. The SMILES string of the molecule is COC(CNS(=O)(=O)c1c(Cl)nc2ccccn12)OC. The van der Waals surface area contributed by atoms with Crippen LogP contribution in [0.2, 0.25) is 5.15 Å². The summed E-state index contributed by atoms with van der Waals surface area (Å²) in [7, 11) is -0.990. The molecule has 2 aromatic heterocycles. The highest BCUT2D eigenvalue weighted by Crippen LogP contribution is 2.22. The zero-order valence-corrected chi connectivity index (χ0v) is 12.5. The highest BCUT2D eigenvalue weighted by atomic mass is 35.5. The Hall–Kier alpha value is -1.19. The molecule has 0 bridgehead atoms. The molecule has 0 radical (unpaired) electrons. The van der Waals surface area contributed by atoms with Crippen LogP contribution in [0.25, 0.3) is 5.65 Å². The Morgan fingerprint density at radius 3 is 2.75 bits per heavy atom. The van der Waals surface area contributed by atoms with Crippen molar-refractivity contribution in [2.24, 2.45) is 0 Å². The van der Waals surface area contributed by atoms with Gasteiger partial charge in [-0.2, -0.15) is 0 Å². The van der Waals surface area contributed by atoms with Crippen LogP contribution in [0, 0.1) is 0 Å². The quantitative estimate of drug-likeness (QED) is 0.799. The number of pyridine rings is 1. The van der Waals surface area contributed by atoms with Crippen LogP contribution in [-0.4, -0.2) is 44.9 Å². The van der Waals surface area contributed by atoms with Gasteiger partial charge in [0, 0.05) is 20.4 Å². The molecule has 0 unspecified atom stereocenters. The van der Waals surface area contributed by atoms with E-state index < -0.39 is 16.3 Å². The standard InChI is InChI=1S/C11H14ClN3O4S/c1-18-9(19-2)7-13-20(16,17)11-10(12)14-8-5-3-4-6-15(8)11/h3-6,9,13H,7H2,1-2H3. The Labute approximate surface area is 121 Å². The molecule has 7 nitrogen and oxygen atoms in total. The summed E-state index contributed by atoms with van der Waals surface area (Å²) in [5, 5.41) is -0.198. The zero-order chi connectivity index (χ0) is 14.8. The van der Waals surface area contributed by atoms with Gasteiger partial charge in [-0.25, -0.2) is 18.1 Å². The number of aromatic nitrogens is 2. The van der Waals surface area contributed by atoms with E-state index in [0.29, 0.717) is 5.65 Å². The lowest BCUT2D eigenvalue weighted by molar-refractivity contribution is -0.0960. The molecule has 0 saturated carbocycles. The minimum absolute atomic E-state index is 0.0360. The summed E-state index contributed by atoms with van der Waals surface area (Å²) < 4.78 is 38.2. The van der Waals surface area contributed by atoms with Gasteiger partial charge in [0.2, 0.25) is 0 Å². The lowest BCUT2D eigenvalue weighted by Crippen LogP contribution is -2.34. The summed E-state index contributed by atoms with van der Waals surface area (Å²) in [6.07, 6.45) is 0.898. The van der Waals surface area contributed by atoms with Crippen LogP contribution in [0.1, 0.15) is 0 Å². The second kappa shape index (κ2) is 6.06. The second-order valence-electron chi connectivity index (χ2n) is 3.89. The third kappa shape index (κ3) is 2.94. The molecular weight excluding hydrogens is 306 g/mol. The van der Waals surface area contributed by atoms with Crippen molar-refractivity contribution in [3.05, 3.63) is 29.5 Å². The van der Waals surface area contributed by atoms with E-state index in [0.717, 1.165) is 0 Å². The molecule has 0 aliphatic carbocycles. The molecule has 0 fully saturated rings. The summed E-state index contributed by atoms with van der Waals surface area (Å²) in [6.45, 7) is -0.0360. The Balaban J connectivity index is 2.34. The van der Waals surface area contributed by atoms with Crippen LogP contribution in [0.4, 0.5) is 0 Å². The van der Waals surface area contributed by atoms with Gasteiger partial charge in [-0.1, -0.05) is 17.7 Å². The van der Waals surface area contributed by atoms with E-state index in [2.05, 4.69) is 9.71 Å². The van der Waals surface area contributed by atoms with Crippen molar-refractivity contribution >= 4 is 27.3 Å². The minimum Gasteiger partial charge on any atom is -0.355 e. The first-order valence-corrected chi connectivity index (χ1v) is 7.53. The summed E-state index contributed by atoms with van der Waals surface area (Å²) in [4.78, 5) is 3.99. The number of hydrogen-bond donors (Lipinski definition) is 1. The highest BCUT2D eigenvalue weighted by molar-refractivity contribution is 7.89. The fourth-order valence-electron chi connectivity index (χ4n) is 1.69. The van der Waals surface area contributed by atoms with E-state index in [9.17, 15) is 8.42 Å². The van der Waals surface area contributed by atoms with E-state index >= 15 is 0 Å². The molecule has 1 N–H and O–H groups in total. The molecule has 20 heavy (non-hydrogen) atoms. The van der Waals surface area contributed by atoms with Crippen molar-refractivity contribution in [2.75, 3.05) is 20.8 Å². The first-order valence-electron chi connectivity index (χ1n) is 5.67. The Morgan fingerprint density at radius 1 is 1.40 bits per heavy atom. The van der Waals surface area contributed by atoms with Gasteiger partial charge in [-0.15, -0.1) is 0 Å². The van der Waals surface area contributed by atoms with Crippen LogP contribution in [0.15, 0.2) is 29.4 Å². The number of nitrogens with one attached hydrogen (secondary N) is 1. The number of sulfonamides is 1. The maximum atomic E-state index is 12.3. The average molecular weight is 320 g/mol. The van der Waals surface area contributed by atoms with Crippen molar-refractivity contribution in [3.63, 3.8) is 0 Å². The monoisotopic (exact) mass is 319 g/mol. The third-order valence-electron chi connectivity index (χ3n) is 2.67. The maximum Gasteiger partial charge on any atom is 0.259 e. The molecule has 2 aromatic rings. The molecule has 0 aromatic carbocycles. The molecule has 0 saturated heterocycles. The summed E-state index contributed by atoms with van der Waals surface area (Å²) in [5.41, 5.74) is 0.452. The van der Waals surface area contributed by atoms with Gasteiger partial charge in [0.1, 0.15) is 5.65 Å². The van der Waals surface area contributed by atoms with Gasteiger partial charge in [0.05, 0.1) is 6.54 Å². The van der Waals surface area contributed by atoms with Crippen LogP contribution in [-0.2, 0) is 19.5 Å². The molecule has 2 heterocycles. The maximum absolute atomic E-state index is 12.3. The topological polar surface area (TPSA) is 81.9 Å². The summed E-state index contributed by atoms with van der Waals surface area (Å²) in [6, 6.07) is 5.10. The minimum atomic E-state index is -3.83. The fourth-order valence-corrected chi connectivity index (χ4v) is 3.35. The number of methoxy groups -OCH3 is 2. The van der Waals surface area contributed by atoms with Crippen LogP contribution in [0.3, 0.4) is 0 Å². The van der Waals surface area contributed by atoms with Gasteiger partial charge >= 0.3 is 0 Å². The van der Waals surface area contributed by atoms with Crippen molar-refractivity contribution in [1.82, 2.24) is 14.1 Å². The van der Waals surface area contributed by atoms with Crippen molar-refractivity contribution < 1.29 is 17.9 Å². The van der Waals surface area contributed by atoms with E-state index in [4.69, 9.17) is 21.1 Å². The summed E-state index contributed by atoms with van der Waals surface area (Å²) in [5.74, 6) is 0. The predicted molar refractivity (Wildman–Crippen MR) is 73.2 cm³/mol. The zero-order valence-electron chi connectivity index (χ0n) is 10.9. The highest BCUT2D eigenvalue weighted by Gasteiger charge is 2.25. The van der Waals surface area contributed by atoms with Crippen molar-refractivity contribution in [1.29, 1.82) is 0 Å². The molecule has 9 heteroatoms. The Kier molecular flexibility index (Phi) is 4.61. The average Bonchev–Trinajstić information content (AvgIpc) is 2.76. The van der Waals surface area contributed by atoms with Gasteiger partial charge in [-0.05, 0) is 12.1 Å². The number of imidazole rings is 1. The number of rotatable bonds is 6. The van der Waals surface area contributed by atoms with Crippen LogP contribution >= 0.6 is 11.6 Å². The normalized spacial score (nSPS) is 12.4. The number of nitrogens with zero attached hydrogens (tertiary/aromatic N) is 2. The van der Waals surface area contributed by atoms with Gasteiger partial charge in [0.15, 0.2) is 16.5 Å². The molecule has 0 spiro atoms. The van der Waals surface area contributed by atoms with Crippen LogP contribution < -0.4 is 4.72 Å². The lowest BCUT2D eigenvalue weighted by atomic mass is 10.5. The molecule has 110 valence electrons. The van der Waals surface area contributed by atoms with Gasteiger partial charge < -0.3 is 9.47 Å². The third-order valence-corrected chi connectivity index (χ3v) is 4.49. The van der Waals surface area contributed by atoms with E-state index in [1.54, 1.807) is 24.4 Å². The molecule has 0 amide bonds. The first-order chi connectivity index (χ1) is 9.49. The van der Waals surface area contributed by atoms with Crippen LogP contribution in [0.5, 0.6) is 0 Å². The van der Waals surface area contributed by atoms with E-state index in [-0.39, 0.29) is 16.7 Å².